The topological polar surface area (TPSA) is 91.4 Å². The van der Waals surface area contributed by atoms with Crippen LogP contribution in [0.15, 0.2) is 46.9 Å². The van der Waals surface area contributed by atoms with Crippen LogP contribution in [-0.4, -0.2) is 25.7 Å². The van der Waals surface area contributed by atoms with E-state index in [0.29, 0.717) is 0 Å². The predicted octanol–water partition coefficient (Wildman–Crippen LogP) is 3.04. The number of carbonyl (C=O) groups is 1. The Morgan fingerprint density at radius 3 is 2.41 bits per heavy atom. The van der Waals surface area contributed by atoms with Gasteiger partial charge < -0.3 is 20.1 Å². The lowest BCUT2D eigenvalue weighted by molar-refractivity contribution is 0.0732. The number of rotatable bonds is 2. The molecule has 2 heterocycles. The summed E-state index contributed by atoms with van der Waals surface area (Å²) in [6.07, 6.45) is 0. The molecule has 0 atom stereocenters. The number of halogens is 1. The van der Waals surface area contributed by atoms with E-state index in [1.54, 1.807) is 24.3 Å². The van der Waals surface area contributed by atoms with E-state index in [4.69, 9.17) is 4.74 Å². The van der Waals surface area contributed by atoms with E-state index >= 15 is 0 Å². The highest BCUT2D eigenvalue weighted by Crippen LogP contribution is 2.44. The maximum Gasteiger partial charge on any atom is 0.343 e. The third kappa shape index (κ3) is 2.25. The molecule has 0 aliphatic carbocycles. The first-order valence-corrected chi connectivity index (χ1v) is 7.00. The maximum absolute atomic E-state index is 12.1. The molecule has 0 radical (unpaired) electrons. The molecule has 112 valence electrons. The molecule has 0 unspecified atom stereocenters. The van der Waals surface area contributed by atoms with Crippen LogP contribution in [0.4, 0.5) is 0 Å². The molecule has 3 N–H and O–H groups in total. The second-order valence-electron chi connectivity index (χ2n) is 4.50. The molecule has 3 rings (SSSR count). The highest BCUT2D eigenvalue weighted by atomic mass is 79.9. The van der Waals surface area contributed by atoms with E-state index in [2.05, 4.69) is 15.9 Å². The van der Waals surface area contributed by atoms with Crippen molar-refractivity contribution in [1.82, 2.24) is 4.40 Å². The second-order valence-corrected chi connectivity index (χ2v) is 5.42. The molecular weight excluding hydrogens is 354 g/mol. The molecule has 22 heavy (non-hydrogen) atoms. The first kappa shape index (κ1) is 14.3. The Morgan fingerprint density at radius 1 is 1.05 bits per heavy atom. The molecule has 6 nitrogen and oxygen atoms in total. The van der Waals surface area contributed by atoms with Crippen molar-refractivity contribution in [3.8, 4) is 23.3 Å². The van der Waals surface area contributed by atoms with Gasteiger partial charge in [-0.25, -0.2) is 9.20 Å². The van der Waals surface area contributed by atoms with Crippen molar-refractivity contribution >= 4 is 27.4 Å². The van der Waals surface area contributed by atoms with Gasteiger partial charge in [0.1, 0.15) is 0 Å². The fraction of sp³-hybridized carbons (Fsp3) is 0. The normalized spacial score (nSPS) is 10.8. The molecule has 0 saturated heterocycles. The fourth-order valence-corrected chi connectivity index (χ4v) is 2.33. The lowest BCUT2D eigenvalue weighted by atomic mass is 10.2. The summed E-state index contributed by atoms with van der Waals surface area (Å²) in [5.74, 6) is -2.44. The van der Waals surface area contributed by atoms with Crippen molar-refractivity contribution in [1.29, 1.82) is 0 Å². The number of carbonyl (C=O) groups excluding carboxylic acids is 1. The molecule has 0 bridgehead atoms. The molecule has 0 spiro atoms. The molecule has 7 heteroatoms. The number of fused-ring (bicyclic) bond motifs is 1. The van der Waals surface area contributed by atoms with E-state index in [1.807, 2.05) is 0 Å². The third-order valence-corrected chi connectivity index (χ3v) is 3.64. The minimum absolute atomic E-state index is 0.167. The summed E-state index contributed by atoms with van der Waals surface area (Å²) in [6.45, 7) is 0. The quantitative estimate of drug-likeness (QED) is 0.608. The van der Waals surface area contributed by atoms with Crippen LogP contribution in [0.1, 0.15) is 10.4 Å². The lowest BCUT2D eigenvalue weighted by Crippen LogP contribution is -2.08. The van der Waals surface area contributed by atoms with E-state index in [0.717, 1.165) is 8.87 Å². The number of esters is 1. The van der Waals surface area contributed by atoms with Crippen molar-refractivity contribution in [3.63, 3.8) is 0 Å². The SMILES string of the molecule is O=C(Oc1c(O)c(O)n2c(O)cccc12)c1ccc(Br)cc1. The molecule has 2 aromatic heterocycles. The van der Waals surface area contributed by atoms with Crippen molar-refractivity contribution < 1.29 is 24.9 Å². The molecule has 0 aliphatic rings. The van der Waals surface area contributed by atoms with Gasteiger partial charge in [-0.3, -0.25) is 0 Å². The Hall–Kier alpha value is -2.67. The molecule has 3 aromatic rings. The van der Waals surface area contributed by atoms with Crippen molar-refractivity contribution in [2.24, 2.45) is 0 Å². The standard InChI is InChI=1S/C15H10BrNO5/c16-9-6-4-8(5-7-9)15(21)22-13-10-2-1-3-11(18)17(10)14(20)12(13)19/h1-7,18-20H. The number of benzene rings is 1. The van der Waals surface area contributed by atoms with Crippen molar-refractivity contribution in [2.75, 3.05) is 0 Å². The van der Waals surface area contributed by atoms with E-state index in [9.17, 15) is 20.1 Å². The van der Waals surface area contributed by atoms with Crippen LogP contribution in [0, 0.1) is 0 Å². The predicted molar refractivity (Wildman–Crippen MR) is 81.5 cm³/mol. The van der Waals surface area contributed by atoms with Crippen molar-refractivity contribution in [2.45, 2.75) is 0 Å². The van der Waals surface area contributed by atoms with Gasteiger partial charge in [0.2, 0.25) is 17.4 Å². The second kappa shape index (κ2) is 5.27. The lowest BCUT2D eigenvalue weighted by Gasteiger charge is -2.04. The van der Waals surface area contributed by atoms with Crippen LogP contribution in [0.5, 0.6) is 23.3 Å². The Morgan fingerprint density at radius 2 is 1.73 bits per heavy atom. The summed E-state index contributed by atoms with van der Waals surface area (Å²) >= 11 is 3.26. The van der Waals surface area contributed by atoms with Gasteiger partial charge in [-0.15, -0.1) is 0 Å². The van der Waals surface area contributed by atoms with Gasteiger partial charge in [0.25, 0.3) is 0 Å². The average molecular weight is 364 g/mol. The monoisotopic (exact) mass is 363 g/mol. The van der Waals surface area contributed by atoms with Crippen LogP contribution in [0.2, 0.25) is 0 Å². The minimum Gasteiger partial charge on any atom is -0.500 e. The summed E-state index contributed by atoms with van der Waals surface area (Å²) in [6, 6.07) is 10.8. The zero-order valence-corrected chi connectivity index (χ0v) is 12.6. The van der Waals surface area contributed by atoms with Crippen LogP contribution < -0.4 is 4.74 Å². The van der Waals surface area contributed by atoms with E-state index in [1.165, 1.54) is 18.2 Å². The zero-order valence-electron chi connectivity index (χ0n) is 11.0. The number of ether oxygens (including phenoxy) is 1. The van der Waals surface area contributed by atoms with E-state index in [-0.39, 0.29) is 22.7 Å². The van der Waals surface area contributed by atoms with E-state index < -0.39 is 17.6 Å². The summed E-state index contributed by atoms with van der Waals surface area (Å²) in [5.41, 5.74) is 0.446. The summed E-state index contributed by atoms with van der Waals surface area (Å²) in [7, 11) is 0. The van der Waals surface area contributed by atoms with Crippen LogP contribution in [0.3, 0.4) is 0 Å². The largest absolute Gasteiger partial charge is 0.500 e. The van der Waals surface area contributed by atoms with Gasteiger partial charge in [0.05, 0.1) is 11.1 Å². The average Bonchev–Trinajstić information content (AvgIpc) is 2.74. The smallest absolute Gasteiger partial charge is 0.343 e. The van der Waals surface area contributed by atoms with Gasteiger partial charge in [0.15, 0.2) is 5.88 Å². The number of aromatic nitrogens is 1. The van der Waals surface area contributed by atoms with Gasteiger partial charge in [-0.2, -0.15) is 0 Å². The summed E-state index contributed by atoms with van der Waals surface area (Å²) < 4.78 is 6.94. The van der Waals surface area contributed by atoms with Gasteiger partial charge in [0, 0.05) is 4.47 Å². The summed E-state index contributed by atoms with van der Waals surface area (Å²) in [5, 5.41) is 29.5. The zero-order chi connectivity index (χ0) is 15.9. The van der Waals surface area contributed by atoms with Crippen LogP contribution in [0.25, 0.3) is 5.52 Å². The van der Waals surface area contributed by atoms with Gasteiger partial charge in [-0.1, -0.05) is 22.0 Å². The van der Waals surface area contributed by atoms with Gasteiger partial charge >= 0.3 is 5.97 Å². The number of nitrogens with zero attached hydrogens (tertiary/aromatic N) is 1. The van der Waals surface area contributed by atoms with Gasteiger partial charge in [-0.05, 0) is 36.4 Å². The molecule has 1 aromatic carbocycles. The fourth-order valence-electron chi connectivity index (χ4n) is 2.06. The molecular formula is C15H10BrNO5. The number of aromatic hydroxyl groups is 3. The Labute approximate surface area is 132 Å². The molecule has 0 amide bonds. The Bertz CT molecular complexity index is 870. The molecule has 0 aliphatic heterocycles. The van der Waals surface area contributed by atoms with Crippen molar-refractivity contribution in [3.05, 3.63) is 52.5 Å². The third-order valence-electron chi connectivity index (χ3n) is 3.12. The van der Waals surface area contributed by atoms with Crippen LogP contribution >= 0.6 is 15.9 Å². The molecule has 0 fully saturated rings. The Balaban J connectivity index is 2.04. The number of pyridine rings is 1. The highest BCUT2D eigenvalue weighted by molar-refractivity contribution is 9.10. The molecule has 0 saturated carbocycles. The van der Waals surface area contributed by atoms with Crippen LogP contribution in [-0.2, 0) is 0 Å². The minimum atomic E-state index is -0.696. The number of hydrogen-bond acceptors (Lipinski definition) is 5. The Kier molecular flexibility index (Phi) is 3.42. The maximum atomic E-state index is 12.1. The summed E-state index contributed by atoms with van der Waals surface area (Å²) in [4.78, 5) is 12.1. The first-order valence-electron chi connectivity index (χ1n) is 6.21. The number of hydrogen-bond donors (Lipinski definition) is 3. The first-order chi connectivity index (χ1) is 10.5. The highest BCUT2D eigenvalue weighted by Gasteiger charge is 2.23.